The summed E-state index contributed by atoms with van der Waals surface area (Å²) in [6.45, 7) is 0.249. The molecule has 3 rings (SSSR count). The first-order valence-corrected chi connectivity index (χ1v) is 14.1. The molecule has 2 atom stereocenters. The van der Waals surface area contributed by atoms with E-state index in [0.717, 1.165) is 56.9 Å². The van der Waals surface area contributed by atoms with Crippen molar-refractivity contribution in [3.05, 3.63) is 29.3 Å². The molecule has 192 valence electrons. The van der Waals surface area contributed by atoms with Gasteiger partial charge in [0.1, 0.15) is 6.04 Å². The second-order valence-corrected chi connectivity index (χ2v) is 11.0. The van der Waals surface area contributed by atoms with Gasteiger partial charge in [-0.05, 0) is 31.4 Å². The SMILES string of the molecule is O=C(O)CCCCCCCCCCCCS(=O)c1cccc2c1CN(C1CCC(=O)NC1=O)C2=O. The molecule has 1 fully saturated rings. The summed E-state index contributed by atoms with van der Waals surface area (Å²) in [5.41, 5.74) is 1.24. The van der Waals surface area contributed by atoms with E-state index in [0.29, 0.717) is 22.6 Å². The van der Waals surface area contributed by atoms with Gasteiger partial charge < -0.3 is 10.0 Å². The maximum absolute atomic E-state index is 13.0. The fraction of sp³-hybridized carbons (Fsp3) is 0.615. The largest absolute Gasteiger partial charge is 0.481 e. The summed E-state index contributed by atoms with van der Waals surface area (Å²) in [4.78, 5) is 49.3. The van der Waals surface area contributed by atoms with Crippen LogP contribution in [0.4, 0.5) is 0 Å². The first-order valence-electron chi connectivity index (χ1n) is 12.7. The van der Waals surface area contributed by atoms with Gasteiger partial charge in [-0.15, -0.1) is 0 Å². The quantitative estimate of drug-likeness (QED) is 0.276. The Kier molecular flexibility index (Phi) is 10.4. The van der Waals surface area contributed by atoms with Gasteiger partial charge in [-0.3, -0.25) is 28.7 Å². The lowest BCUT2D eigenvalue weighted by atomic mass is 10.0. The predicted octanol–water partition coefficient (Wildman–Crippen LogP) is 3.93. The number of imide groups is 1. The number of fused-ring (bicyclic) bond motifs is 1. The van der Waals surface area contributed by atoms with Crippen molar-refractivity contribution in [3.8, 4) is 0 Å². The molecule has 0 saturated carbocycles. The second-order valence-electron chi connectivity index (χ2n) is 9.41. The molecule has 2 N–H and O–H groups in total. The molecule has 0 radical (unpaired) electrons. The van der Waals surface area contributed by atoms with Crippen LogP contribution in [0.5, 0.6) is 0 Å². The average molecular weight is 505 g/mol. The standard InChI is InChI=1S/C26H36N2O6S/c29-23-16-15-21(25(32)27-23)28-18-20-19(26(28)33)12-11-13-22(20)35(34)17-10-8-6-4-2-1-3-5-7-9-14-24(30)31/h11-13,21H,1-10,14-18H2,(H,30,31)(H,27,29,32). The van der Waals surface area contributed by atoms with Crippen LogP contribution in [0.25, 0.3) is 0 Å². The molecule has 1 saturated heterocycles. The second kappa shape index (κ2) is 13.5. The summed E-state index contributed by atoms with van der Waals surface area (Å²) in [6, 6.07) is 4.61. The smallest absolute Gasteiger partial charge is 0.303 e. The molecule has 1 aromatic carbocycles. The van der Waals surface area contributed by atoms with Crippen molar-refractivity contribution in [1.82, 2.24) is 10.2 Å². The fourth-order valence-electron chi connectivity index (χ4n) is 4.80. The molecule has 35 heavy (non-hydrogen) atoms. The third kappa shape index (κ3) is 7.72. The highest BCUT2D eigenvalue weighted by Gasteiger charge is 2.40. The molecule has 0 aromatic heterocycles. The average Bonchev–Trinajstić information content (AvgIpc) is 3.15. The molecular formula is C26H36N2O6S. The van der Waals surface area contributed by atoms with Gasteiger partial charge in [0.15, 0.2) is 0 Å². The van der Waals surface area contributed by atoms with Crippen molar-refractivity contribution in [2.24, 2.45) is 0 Å². The minimum atomic E-state index is -1.21. The van der Waals surface area contributed by atoms with Crippen LogP contribution in [0.1, 0.15) is 99.4 Å². The number of carboxylic acids is 1. The number of benzene rings is 1. The van der Waals surface area contributed by atoms with Gasteiger partial charge in [0, 0.05) is 41.2 Å². The Labute approximate surface area is 209 Å². The highest BCUT2D eigenvalue weighted by atomic mass is 32.2. The summed E-state index contributed by atoms with van der Waals surface area (Å²) >= 11 is 0. The predicted molar refractivity (Wildman–Crippen MR) is 132 cm³/mol. The van der Waals surface area contributed by atoms with E-state index in [2.05, 4.69) is 5.32 Å². The number of piperidine rings is 1. The van der Waals surface area contributed by atoms with Gasteiger partial charge in [0.05, 0.1) is 10.8 Å². The molecule has 0 bridgehead atoms. The molecule has 1 aromatic rings. The summed E-state index contributed by atoms with van der Waals surface area (Å²) in [5.74, 6) is -1.17. The van der Waals surface area contributed by atoms with E-state index in [1.807, 2.05) is 6.07 Å². The topological polar surface area (TPSA) is 121 Å². The van der Waals surface area contributed by atoms with Gasteiger partial charge in [0.25, 0.3) is 5.91 Å². The summed E-state index contributed by atoms with van der Waals surface area (Å²) in [6.07, 6.45) is 11.3. The van der Waals surface area contributed by atoms with Crippen molar-refractivity contribution in [2.45, 2.75) is 101 Å². The maximum atomic E-state index is 13.0. The zero-order valence-electron chi connectivity index (χ0n) is 20.3. The number of hydrogen-bond donors (Lipinski definition) is 2. The zero-order chi connectivity index (χ0) is 25.2. The van der Waals surface area contributed by atoms with Crippen molar-refractivity contribution < 1.29 is 28.5 Å². The number of hydrogen-bond acceptors (Lipinski definition) is 5. The lowest BCUT2D eigenvalue weighted by Gasteiger charge is -2.29. The van der Waals surface area contributed by atoms with E-state index < -0.39 is 28.7 Å². The summed E-state index contributed by atoms with van der Waals surface area (Å²) in [7, 11) is -1.21. The Morgan fingerprint density at radius 2 is 1.60 bits per heavy atom. The highest BCUT2D eigenvalue weighted by molar-refractivity contribution is 7.85. The maximum Gasteiger partial charge on any atom is 0.303 e. The minimum Gasteiger partial charge on any atom is -0.481 e. The van der Waals surface area contributed by atoms with Crippen LogP contribution in [0, 0.1) is 0 Å². The zero-order valence-corrected chi connectivity index (χ0v) is 21.1. The van der Waals surface area contributed by atoms with Gasteiger partial charge >= 0.3 is 5.97 Å². The normalized spacial score (nSPS) is 18.5. The highest BCUT2D eigenvalue weighted by Crippen LogP contribution is 2.31. The van der Waals surface area contributed by atoms with Crippen molar-refractivity contribution in [1.29, 1.82) is 0 Å². The van der Waals surface area contributed by atoms with Crippen molar-refractivity contribution in [2.75, 3.05) is 5.75 Å². The molecule has 2 unspecified atom stereocenters. The summed E-state index contributed by atoms with van der Waals surface area (Å²) < 4.78 is 13.0. The van der Waals surface area contributed by atoms with Crippen LogP contribution >= 0.6 is 0 Å². The number of nitrogens with zero attached hydrogens (tertiary/aromatic N) is 1. The molecular weight excluding hydrogens is 468 g/mol. The molecule has 0 aliphatic carbocycles. The first-order chi connectivity index (χ1) is 16.9. The lowest BCUT2D eigenvalue weighted by Crippen LogP contribution is -2.52. The number of nitrogens with one attached hydrogen (secondary N) is 1. The Morgan fingerprint density at radius 3 is 2.23 bits per heavy atom. The van der Waals surface area contributed by atoms with Gasteiger partial charge in [-0.2, -0.15) is 0 Å². The Balaban J connectivity index is 1.37. The van der Waals surface area contributed by atoms with Crippen LogP contribution in [-0.4, -0.2) is 49.7 Å². The van der Waals surface area contributed by atoms with Crippen LogP contribution in [0.2, 0.25) is 0 Å². The number of unbranched alkanes of at least 4 members (excludes halogenated alkanes) is 9. The molecule has 9 heteroatoms. The van der Waals surface area contributed by atoms with E-state index in [9.17, 15) is 23.4 Å². The monoisotopic (exact) mass is 504 g/mol. The molecule has 0 spiro atoms. The third-order valence-corrected chi connectivity index (χ3v) is 8.29. The molecule has 3 amide bonds. The lowest BCUT2D eigenvalue weighted by molar-refractivity contribution is -0.138. The molecule has 2 aliphatic rings. The van der Waals surface area contributed by atoms with Crippen LogP contribution in [0.3, 0.4) is 0 Å². The molecule has 8 nitrogen and oxygen atoms in total. The van der Waals surface area contributed by atoms with Crippen LogP contribution in [-0.2, 0) is 31.7 Å². The number of carbonyl (C=O) groups is 4. The number of amides is 3. The minimum absolute atomic E-state index is 0.210. The van der Waals surface area contributed by atoms with Gasteiger partial charge in [-0.1, -0.05) is 57.4 Å². The van der Waals surface area contributed by atoms with Crippen LogP contribution in [0.15, 0.2) is 23.1 Å². The molecule has 2 heterocycles. The van der Waals surface area contributed by atoms with Crippen molar-refractivity contribution in [3.63, 3.8) is 0 Å². The number of aliphatic carboxylic acids is 1. The third-order valence-electron chi connectivity index (χ3n) is 6.75. The van der Waals surface area contributed by atoms with E-state index in [4.69, 9.17) is 5.11 Å². The van der Waals surface area contributed by atoms with E-state index in [1.54, 1.807) is 12.1 Å². The van der Waals surface area contributed by atoms with Crippen LogP contribution < -0.4 is 5.32 Å². The molecule has 2 aliphatic heterocycles. The number of rotatable bonds is 15. The van der Waals surface area contributed by atoms with E-state index in [1.165, 1.54) is 17.7 Å². The Hall–Kier alpha value is -2.55. The van der Waals surface area contributed by atoms with E-state index in [-0.39, 0.29) is 31.2 Å². The number of carbonyl (C=O) groups excluding carboxylic acids is 3. The van der Waals surface area contributed by atoms with Crippen molar-refractivity contribution >= 4 is 34.5 Å². The Morgan fingerprint density at radius 1 is 0.971 bits per heavy atom. The fourth-order valence-corrected chi connectivity index (χ4v) is 6.17. The van der Waals surface area contributed by atoms with E-state index >= 15 is 0 Å². The van der Waals surface area contributed by atoms with Gasteiger partial charge in [-0.25, -0.2) is 0 Å². The number of carboxylic acid groups (broad SMARTS) is 1. The Bertz CT molecular complexity index is 963. The first kappa shape index (κ1) is 27.0. The van der Waals surface area contributed by atoms with Gasteiger partial charge in [0.2, 0.25) is 11.8 Å². The summed E-state index contributed by atoms with van der Waals surface area (Å²) in [5, 5.41) is 10.9.